The van der Waals surface area contributed by atoms with Crippen LogP contribution in [0.2, 0.25) is 0 Å². The Kier molecular flexibility index (Phi) is 4.42. The summed E-state index contributed by atoms with van der Waals surface area (Å²) in [6.07, 6.45) is 3.38. The third-order valence-electron chi connectivity index (χ3n) is 3.31. The van der Waals surface area contributed by atoms with Crippen LogP contribution in [0.15, 0.2) is 18.6 Å². The molecule has 1 fully saturated rings. The van der Waals surface area contributed by atoms with Crippen molar-refractivity contribution < 1.29 is 0 Å². The summed E-state index contributed by atoms with van der Waals surface area (Å²) in [5, 5.41) is 3.46. The minimum Gasteiger partial charge on any atom is -0.310 e. The second kappa shape index (κ2) is 6.05. The van der Waals surface area contributed by atoms with Crippen molar-refractivity contribution in [1.82, 2.24) is 25.1 Å². The fraction of sp³-hybridized carbons (Fsp3) is 0.667. The highest BCUT2D eigenvalue weighted by Gasteiger charge is 2.21. The molecule has 1 saturated heterocycles. The molecule has 5 heteroatoms. The van der Waals surface area contributed by atoms with E-state index < -0.39 is 0 Å². The van der Waals surface area contributed by atoms with E-state index in [1.54, 1.807) is 12.5 Å². The van der Waals surface area contributed by atoms with Gasteiger partial charge in [0.05, 0.1) is 5.69 Å². The van der Waals surface area contributed by atoms with Crippen LogP contribution in [0.25, 0.3) is 0 Å². The lowest BCUT2D eigenvalue weighted by Gasteiger charge is -2.37. The van der Waals surface area contributed by atoms with Crippen LogP contribution in [-0.2, 0) is 6.54 Å². The summed E-state index contributed by atoms with van der Waals surface area (Å²) in [6.45, 7) is 5.27. The molecule has 1 aliphatic rings. The van der Waals surface area contributed by atoms with Crippen molar-refractivity contribution in [3.8, 4) is 0 Å². The fourth-order valence-electron chi connectivity index (χ4n) is 2.11. The van der Waals surface area contributed by atoms with Crippen molar-refractivity contribution in [2.75, 3.05) is 40.3 Å². The molecule has 0 aromatic carbocycles. The number of aromatic nitrogens is 2. The maximum Gasteiger partial charge on any atom is 0.115 e. The lowest BCUT2D eigenvalue weighted by Crippen LogP contribution is -2.53. The third kappa shape index (κ3) is 3.73. The molecule has 0 spiro atoms. The standard InChI is InChI=1S/C12H21N5/c1-16-5-6-17(2)12(9-16)8-14-7-11-3-4-13-10-15-11/h3-4,10,12,14H,5-9H2,1-2H3. The Morgan fingerprint density at radius 3 is 3.06 bits per heavy atom. The van der Waals surface area contributed by atoms with E-state index in [0.29, 0.717) is 6.04 Å². The number of nitrogens with zero attached hydrogens (tertiary/aromatic N) is 4. The van der Waals surface area contributed by atoms with Crippen LogP contribution in [-0.4, -0.2) is 66.1 Å². The van der Waals surface area contributed by atoms with Gasteiger partial charge in [-0.2, -0.15) is 0 Å². The highest BCUT2D eigenvalue weighted by atomic mass is 15.3. The van der Waals surface area contributed by atoms with Crippen molar-refractivity contribution >= 4 is 0 Å². The molecule has 5 nitrogen and oxygen atoms in total. The number of likely N-dealkylation sites (N-methyl/N-ethyl adjacent to an activating group) is 2. The summed E-state index contributed by atoms with van der Waals surface area (Å²) < 4.78 is 0. The van der Waals surface area contributed by atoms with Gasteiger partial charge in [-0.15, -0.1) is 0 Å². The zero-order valence-electron chi connectivity index (χ0n) is 10.6. The molecule has 1 atom stereocenters. The zero-order chi connectivity index (χ0) is 12.1. The van der Waals surface area contributed by atoms with Gasteiger partial charge in [0.2, 0.25) is 0 Å². The van der Waals surface area contributed by atoms with Crippen LogP contribution in [0.3, 0.4) is 0 Å². The van der Waals surface area contributed by atoms with Crippen molar-refractivity contribution in [2.45, 2.75) is 12.6 Å². The van der Waals surface area contributed by atoms with Crippen LogP contribution in [0.4, 0.5) is 0 Å². The second-order valence-corrected chi connectivity index (χ2v) is 4.73. The molecule has 17 heavy (non-hydrogen) atoms. The molecule has 1 N–H and O–H groups in total. The largest absolute Gasteiger partial charge is 0.310 e. The predicted octanol–water partition coefficient (Wildman–Crippen LogP) is -0.188. The highest BCUT2D eigenvalue weighted by molar-refractivity contribution is 4.97. The van der Waals surface area contributed by atoms with Gasteiger partial charge in [-0.05, 0) is 20.2 Å². The molecule has 2 heterocycles. The first-order valence-electron chi connectivity index (χ1n) is 6.10. The summed E-state index contributed by atoms with van der Waals surface area (Å²) in [6, 6.07) is 2.54. The number of piperazine rings is 1. The Morgan fingerprint density at radius 2 is 2.29 bits per heavy atom. The normalized spacial score (nSPS) is 22.8. The Bertz CT molecular complexity index is 329. The molecule has 1 aliphatic heterocycles. The van der Waals surface area contributed by atoms with Crippen LogP contribution < -0.4 is 5.32 Å². The molecule has 0 aliphatic carbocycles. The van der Waals surface area contributed by atoms with E-state index in [2.05, 4.69) is 39.2 Å². The smallest absolute Gasteiger partial charge is 0.115 e. The SMILES string of the molecule is CN1CCN(C)C(CNCc2ccncn2)C1. The van der Waals surface area contributed by atoms with E-state index in [-0.39, 0.29) is 0 Å². The number of hydrogen-bond donors (Lipinski definition) is 1. The van der Waals surface area contributed by atoms with Gasteiger partial charge in [0, 0.05) is 45.0 Å². The van der Waals surface area contributed by atoms with Crippen molar-refractivity contribution in [1.29, 1.82) is 0 Å². The van der Waals surface area contributed by atoms with Crippen molar-refractivity contribution in [3.05, 3.63) is 24.3 Å². The van der Waals surface area contributed by atoms with Gasteiger partial charge < -0.3 is 10.2 Å². The molecule has 2 rings (SSSR count). The first-order chi connectivity index (χ1) is 8.25. The Hall–Kier alpha value is -1.04. The molecule has 0 bridgehead atoms. The first-order valence-corrected chi connectivity index (χ1v) is 6.10. The molecular weight excluding hydrogens is 214 g/mol. The second-order valence-electron chi connectivity index (χ2n) is 4.73. The topological polar surface area (TPSA) is 44.3 Å². The molecular formula is C12H21N5. The molecule has 1 aromatic heterocycles. The molecule has 94 valence electrons. The monoisotopic (exact) mass is 235 g/mol. The zero-order valence-corrected chi connectivity index (χ0v) is 10.6. The van der Waals surface area contributed by atoms with E-state index in [1.807, 2.05) is 6.07 Å². The lowest BCUT2D eigenvalue weighted by molar-refractivity contribution is 0.113. The van der Waals surface area contributed by atoms with Gasteiger partial charge in [-0.1, -0.05) is 0 Å². The van der Waals surface area contributed by atoms with E-state index in [0.717, 1.165) is 31.9 Å². The maximum absolute atomic E-state index is 4.20. The molecule has 1 aromatic rings. The van der Waals surface area contributed by atoms with E-state index in [9.17, 15) is 0 Å². The molecule has 0 radical (unpaired) electrons. The summed E-state index contributed by atoms with van der Waals surface area (Å²) in [7, 11) is 4.38. The van der Waals surface area contributed by atoms with Crippen LogP contribution >= 0.6 is 0 Å². The van der Waals surface area contributed by atoms with E-state index in [1.165, 1.54) is 6.54 Å². The summed E-state index contributed by atoms with van der Waals surface area (Å²) in [5.41, 5.74) is 1.05. The minimum absolute atomic E-state index is 0.593. The van der Waals surface area contributed by atoms with Crippen molar-refractivity contribution in [3.63, 3.8) is 0 Å². The van der Waals surface area contributed by atoms with Gasteiger partial charge in [0.15, 0.2) is 0 Å². The van der Waals surface area contributed by atoms with Gasteiger partial charge in [0.25, 0.3) is 0 Å². The summed E-state index contributed by atoms with van der Waals surface area (Å²) in [5.74, 6) is 0. The average molecular weight is 235 g/mol. The Morgan fingerprint density at radius 1 is 1.41 bits per heavy atom. The van der Waals surface area contributed by atoms with Gasteiger partial charge >= 0.3 is 0 Å². The Balaban J connectivity index is 1.74. The summed E-state index contributed by atoms with van der Waals surface area (Å²) >= 11 is 0. The molecule has 1 unspecified atom stereocenters. The fourth-order valence-corrected chi connectivity index (χ4v) is 2.11. The third-order valence-corrected chi connectivity index (χ3v) is 3.31. The average Bonchev–Trinajstić information content (AvgIpc) is 2.35. The first kappa shape index (κ1) is 12.4. The predicted molar refractivity (Wildman–Crippen MR) is 67.7 cm³/mol. The van der Waals surface area contributed by atoms with E-state index >= 15 is 0 Å². The van der Waals surface area contributed by atoms with Crippen LogP contribution in [0.5, 0.6) is 0 Å². The number of rotatable bonds is 4. The number of nitrogens with one attached hydrogen (secondary N) is 1. The number of hydrogen-bond acceptors (Lipinski definition) is 5. The lowest BCUT2D eigenvalue weighted by atomic mass is 10.2. The van der Waals surface area contributed by atoms with Gasteiger partial charge in [0.1, 0.15) is 6.33 Å². The quantitative estimate of drug-likeness (QED) is 0.784. The van der Waals surface area contributed by atoms with E-state index in [4.69, 9.17) is 0 Å². The summed E-state index contributed by atoms with van der Waals surface area (Å²) in [4.78, 5) is 12.9. The van der Waals surface area contributed by atoms with Gasteiger partial charge in [-0.25, -0.2) is 9.97 Å². The van der Waals surface area contributed by atoms with Crippen LogP contribution in [0, 0.1) is 0 Å². The minimum atomic E-state index is 0.593. The van der Waals surface area contributed by atoms with Crippen molar-refractivity contribution in [2.24, 2.45) is 0 Å². The van der Waals surface area contributed by atoms with Crippen LogP contribution in [0.1, 0.15) is 5.69 Å². The molecule has 0 saturated carbocycles. The van der Waals surface area contributed by atoms with Gasteiger partial charge in [-0.3, -0.25) is 4.90 Å². The Labute approximate surface area is 103 Å². The maximum atomic E-state index is 4.20. The highest BCUT2D eigenvalue weighted by Crippen LogP contribution is 2.04. The molecule has 0 amide bonds.